The molecule has 2 nitrogen and oxygen atoms in total. The lowest BCUT2D eigenvalue weighted by molar-refractivity contribution is -0.131. The largest absolute Gasteiger partial charge is 0.425 e. The average Bonchev–Trinajstić information content (AvgIpc) is 2.66. The van der Waals surface area contributed by atoms with Crippen molar-refractivity contribution in [2.75, 3.05) is 0 Å². The van der Waals surface area contributed by atoms with Gasteiger partial charge < -0.3 is 4.74 Å². The zero-order valence-corrected chi connectivity index (χ0v) is 9.08. The van der Waals surface area contributed by atoms with Crippen molar-refractivity contribution >= 4 is 17.3 Å². The van der Waals surface area contributed by atoms with E-state index in [9.17, 15) is 4.79 Å². The average molecular weight is 218 g/mol. The molecule has 1 aromatic carbocycles. The van der Waals surface area contributed by atoms with Crippen LogP contribution in [0.25, 0.3) is 11.1 Å². The second-order valence-electron chi connectivity index (χ2n) is 3.11. The molecule has 0 saturated heterocycles. The van der Waals surface area contributed by atoms with Crippen LogP contribution in [0.2, 0.25) is 0 Å². The van der Waals surface area contributed by atoms with Crippen LogP contribution in [0.4, 0.5) is 0 Å². The van der Waals surface area contributed by atoms with Crippen molar-refractivity contribution in [3.63, 3.8) is 0 Å². The summed E-state index contributed by atoms with van der Waals surface area (Å²) >= 11 is 1.53. The minimum atomic E-state index is -0.286. The molecule has 0 spiro atoms. The molecule has 76 valence electrons. The van der Waals surface area contributed by atoms with Gasteiger partial charge in [0, 0.05) is 23.2 Å². The first-order valence-electron chi connectivity index (χ1n) is 4.57. The van der Waals surface area contributed by atoms with Crippen LogP contribution in [0, 0.1) is 0 Å². The normalized spacial score (nSPS) is 9.93. The number of carbonyl (C=O) groups excluding carboxylic acids is 1. The summed E-state index contributed by atoms with van der Waals surface area (Å²) in [5.74, 6) is 0.351. The molecule has 1 aromatic heterocycles. The number of rotatable bonds is 2. The minimum absolute atomic E-state index is 0.286. The summed E-state index contributed by atoms with van der Waals surface area (Å²) in [6, 6.07) is 9.88. The molecule has 0 unspecified atom stereocenters. The van der Waals surface area contributed by atoms with Gasteiger partial charge in [-0.05, 0) is 5.56 Å². The van der Waals surface area contributed by atoms with E-state index in [0.29, 0.717) is 5.75 Å². The van der Waals surface area contributed by atoms with Crippen LogP contribution in [0.3, 0.4) is 0 Å². The number of hydrogen-bond donors (Lipinski definition) is 0. The molecule has 3 heteroatoms. The quantitative estimate of drug-likeness (QED) is 0.723. The molecule has 1 heterocycles. The highest BCUT2D eigenvalue weighted by Crippen LogP contribution is 2.33. The Labute approximate surface area is 92.1 Å². The first-order valence-corrected chi connectivity index (χ1v) is 5.51. The first kappa shape index (κ1) is 9.93. The summed E-state index contributed by atoms with van der Waals surface area (Å²) in [4.78, 5) is 10.9. The van der Waals surface area contributed by atoms with Gasteiger partial charge in [0.15, 0.2) is 0 Å². The van der Waals surface area contributed by atoms with Gasteiger partial charge in [-0.25, -0.2) is 0 Å². The molecule has 2 aromatic rings. The summed E-state index contributed by atoms with van der Waals surface area (Å²) in [6.07, 6.45) is 0. The van der Waals surface area contributed by atoms with E-state index < -0.39 is 0 Å². The number of thiophene rings is 1. The Hall–Kier alpha value is -1.61. The molecule has 0 saturated carbocycles. The number of carbonyl (C=O) groups is 1. The molecule has 0 aliphatic carbocycles. The fourth-order valence-electron chi connectivity index (χ4n) is 1.35. The molecule has 0 N–H and O–H groups in total. The van der Waals surface area contributed by atoms with Crippen LogP contribution in [-0.2, 0) is 4.79 Å². The second kappa shape index (κ2) is 4.28. The fourth-order valence-corrected chi connectivity index (χ4v) is 2.10. The van der Waals surface area contributed by atoms with E-state index in [0.717, 1.165) is 11.1 Å². The van der Waals surface area contributed by atoms with Crippen LogP contribution >= 0.6 is 11.3 Å². The van der Waals surface area contributed by atoms with E-state index in [1.165, 1.54) is 18.3 Å². The van der Waals surface area contributed by atoms with Gasteiger partial charge in [-0.1, -0.05) is 30.3 Å². The third-order valence-corrected chi connectivity index (χ3v) is 2.69. The van der Waals surface area contributed by atoms with Gasteiger partial charge in [-0.3, -0.25) is 4.79 Å². The zero-order chi connectivity index (χ0) is 10.7. The van der Waals surface area contributed by atoms with Gasteiger partial charge in [-0.15, -0.1) is 11.3 Å². The highest BCUT2D eigenvalue weighted by molar-refractivity contribution is 7.08. The molecule has 0 amide bonds. The number of esters is 1. The van der Waals surface area contributed by atoms with Gasteiger partial charge in [0.05, 0.1) is 0 Å². The lowest BCUT2D eigenvalue weighted by Gasteiger charge is -2.03. The summed E-state index contributed by atoms with van der Waals surface area (Å²) in [6.45, 7) is 1.41. The smallest absolute Gasteiger partial charge is 0.308 e. The van der Waals surface area contributed by atoms with Gasteiger partial charge in [0.25, 0.3) is 0 Å². The topological polar surface area (TPSA) is 26.3 Å². The van der Waals surface area contributed by atoms with Crippen LogP contribution in [0.1, 0.15) is 6.92 Å². The Bertz CT molecular complexity index is 459. The second-order valence-corrected chi connectivity index (χ2v) is 3.85. The van der Waals surface area contributed by atoms with E-state index >= 15 is 0 Å². The van der Waals surface area contributed by atoms with Gasteiger partial charge in [-0.2, -0.15) is 0 Å². The summed E-state index contributed by atoms with van der Waals surface area (Å²) < 4.78 is 5.11. The highest BCUT2D eigenvalue weighted by atomic mass is 32.1. The molecule has 0 fully saturated rings. The maximum Gasteiger partial charge on any atom is 0.308 e. The van der Waals surface area contributed by atoms with Crippen molar-refractivity contribution in [2.24, 2.45) is 0 Å². The molecular formula is C12H10O2S. The first-order chi connectivity index (χ1) is 7.27. The summed E-state index contributed by atoms with van der Waals surface area (Å²) in [5, 5.41) is 3.82. The molecule has 0 radical (unpaired) electrons. The van der Waals surface area contributed by atoms with Crippen molar-refractivity contribution in [1.82, 2.24) is 0 Å². The lowest BCUT2D eigenvalue weighted by Crippen LogP contribution is -2.01. The molecule has 0 bridgehead atoms. The zero-order valence-electron chi connectivity index (χ0n) is 8.27. The van der Waals surface area contributed by atoms with E-state index in [2.05, 4.69) is 0 Å². The third-order valence-electron chi connectivity index (χ3n) is 1.96. The van der Waals surface area contributed by atoms with Gasteiger partial charge in [0.1, 0.15) is 5.75 Å². The Morgan fingerprint density at radius 3 is 2.60 bits per heavy atom. The van der Waals surface area contributed by atoms with Crippen LogP contribution in [-0.4, -0.2) is 5.97 Å². The lowest BCUT2D eigenvalue weighted by atomic mass is 10.1. The van der Waals surface area contributed by atoms with Crippen LogP contribution in [0.5, 0.6) is 5.75 Å². The van der Waals surface area contributed by atoms with Crippen LogP contribution < -0.4 is 4.74 Å². The fraction of sp³-hybridized carbons (Fsp3) is 0.0833. The molecule has 2 rings (SSSR count). The van der Waals surface area contributed by atoms with Crippen molar-refractivity contribution in [3.05, 3.63) is 41.1 Å². The number of benzene rings is 1. The minimum Gasteiger partial charge on any atom is -0.425 e. The van der Waals surface area contributed by atoms with Crippen molar-refractivity contribution < 1.29 is 9.53 Å². The summed E-state index contributed by atoms with van der Waals surface area (Å²) in [5.41, 5.74) is 2.03. The van der Waals surface area contributed by atoms with Crippen molar-refractivity contribution in [1.29, 1.82) is 0 Å². The van der Waals surface area contributed by atoms with E-state index in [4.69, 9.17) is 4.74 Å². The Kier molecular flexibility index (Phi) is 2.83. The van der Waals surface area contributed by atoms with E-state index in [1.807, 2.05) is 41.1 Å². The van der Waals surface area contributed by atoms with E-state index in [1.54, 1.807) is 0 Å². The van der Waals surface area contributed by atoms with E-state index in [-0.39, 0.29) is 5.97 Å². The Morgan fingerprint density at radius 1 is 1.20 bits per heavy atom. The Morgan fingerprint density at radius 2 is 1.93 bits per heavy atom. The van der Waals surface area contributed by atoms with Crippen LogP contribution in [0.15, 0.2) is 41.1 Å². The molecule has 0 aliphatic heterocycles. The molecule has 0 aliphatic rings. The Balaban J connectivity index is 2.37. The standard InChI is InChI=1S/C12H10O2S/c1-9(13)14-12-8-15-7-11(12)10-5-3-2-4-6-10/h2-8H,1H3. The van der Waals surface area contributed by atoms with Crippen molar-refractivity contribution in [2.45, 2.75) is 6.92 Å². The summed E-state index contributed by atoms with van der Waals surface area (Å²) in [7, 11) is 0. The maximum atomic E-state index is 10.9. The predicted octanol–water partition coefficient (Wildman–Crippen LogP) is 3.34. The predicted molar refractivity (Wildman–Crippen MR) is 61.1 cm³/mol. The molecule has 0 atom stereocenters. The number of ether oxygens (including phenoxy) is 1. The monoisotopic (exact) mass is 218 g/mol. The third kappa shape index (κ3) is 2.25. The SMILES string of the molecule is CC(=O)Oc1cscc1-c1ccccc1. The van der Waals surface area contributed by atoms with Gasteiger partial charge >= 0.3 is 5.97 Å². The number of hydrogen-bond acceptors (Lipinski definition) is 3. The van der Waals surface area contributed by atoms with Crippen molar-refractivity contribution in [3.8, 4) is 16.9 Å². The maximum absolute atomic E-state index is 10.9. The molecular weight excluding hydrogens is 208 g/mol. The molecule has 15 heavy (non-hydrogen) atoms. The van der Waals surface area contributed by atoms with Gasteiger partial charge in [0.2, 0.25) is 0 Å². The highest BCUT2D eigenvalue weighted by Gasteiger charge is 2.08.